The molecular weight excluding hydrogens is 140 g/mol. The molecule has 0 saturated heterocycles. The zero-order chi connectivity index (χ0) is 8.10. The molecule has 0 amide bonds. The summed E-state index contributed by atoms with van der Waals surface area (Å²) in [6, 6.07) is 5.41. The number of aromatic nitrogens is 1. The number of rotatable bonds is 2. The molecule has 3 nitrogen and oxygen atoms in total. The molecule has 0 spiro atoms. The Bertz CT molecular complexity index is 278. The third-order valence-electron chi connectivity index (χ3n) is 1.36. The second-order valence-corrected chi connectivity index (χ2v) is 2.08. The van der Waals surface area contributed by atoms with E-state index < -0.39 is 0 Å². The summed E-state index contributed by atoms with van der Waals surface area (Å²) >= 11 is 0. The van der Waals surface area contributed by atoms with Crippen molar-refractivity contribution < 1.29 is 5.11 Å². The summed E-state index contributed by atoms with van der Waals surface area (Å²) in [6.45, 7) is 0.0334. The second kappa shape index (κ2) is 3.69. The van der Waals surface area contributed by atoms with E-state index >= 15 is 0 Å². The van der Waals surface area contributed by atoms with E-state index in [9.17, 15) is 0 Å². The largest absolute Gasteiger partial charge is 0.396 e. The van der Waals surface area contributed by atoms with Crippen LogP contribution in [0.15, 0.2) is 18.3 Å². The predicted octanol–water partition coefficient (Wildman–Crippen LogP) is 0.488. The van der Waals surface area contributed by atoms with Gasteiger partial charge >= 0.3 is 0 Å². The maximum absolute atomic E-state index is 8.59. The molecule has 0 saturated carbocycles. The highest BCUT2D eigenvalue weighted by molar-refractivity contribution is 5.32. The summed E-state index contributed by atoms with van der Waals surface area (Å²) in [5, 5.41) is 17.2. The second-order valence-electron chi connectivity index (χ2n) is 2.08. The number of nitriles is 1. The SMILES string of the molecule is N#Cc1cccnc1CCO. The lowest BCUT2D eigenvalue weighted by Gasteiger charge is -1.97. The molecule has 3 heteroatoms. The van der Waals surface area contributed by atoms with Crippen LogP contribution in [0, 0.1) is 11.3 Å². The zero-order valence-corrected chi connectivity index (χ0v) is 5.99. The molecule has 0 aliphatic carbocycles. The van der Waals surface area contributed by atoms with Gasteiger partial charge in [0.2, 0.25) is 0 Å². The van der Waals surface area contributed by atoms with Crippen LogP contribution < -0.4 is 0 Å². The Balaban J connectivity index is 2.95. The van der Waals surface area contributed by atoms with Crippen LogP contribution in [-0.2, 0) is 6.42 Å². The highest BCUT2D eigenvalue weighted by Gasteiger charge is 1.99. The number of hydrogen-bond donors (Lipinski definition) is 1. The molecule has 56 valence electrons. The number of aliphatic hydroxyl groups excluding tert-OH is 1. The maximum Gasteiger partial charge on any atom is 0.101 e. The Labute approximate surface area is 64.9 Å². The summed E-state index contributed by atoms with van der Waals surface area (Å²) in [6.07, 6.45) is 2.07. The predicted molar refractivity (Wildman–Crippen MR) is 39.7 cm³/mol. The van der Waals surface area contributed by atoms with Crippen molar-refractivity contribution >= 4 is 0 Å². The maximum atomic E-state index is 8.59. The Morgan fingerprint density at radius 3 is 3.09 bits per heavy atom. The van der Waals surface area contributed by atoms with Crippen molar-refractivity contribution in [2.45, 2.75) is 6.42 Å². The van der Waals surface area contributed by atoms with Crippen LogP contribution in [-0.4, -0.2) is 16.7 Å². The Morgan fingerprint density at radius 1 is 1.64 bits per heavy atom. The quantitative estimate of drug-likeness (QED) is 0.664. The van der Waals surface area contributed by atoms with E-state index in [0.29, 0.717) is 17.7 Å². The van der Waals surface area contributed by atoms with Gasteiger partial charge in [0.05, 0.1) is 11.3 Å². The van der Waals surface area contributed by atoms with Gasteiger partial charge in [-0.25, -0.2) is 0 Å². The van der Waals surface area contributed by atoms with Gasteiger partial charge in [0.15, 0.2) is 0 Å². The molecule has 0 unspecified atom stereocenters. The highest BCUT2D eigenvalue weighted by Crippen LogP contribution is 2.02. The molecule has 1 aromatic rings. The molecule has 0 atom stereocenters. The van der Waals surface area contributed by atoms with Crippen molar-refractivity contribution in [3.05, 3.63) is 29.6 Å². The van der Waals surface area contributed by atoms with E-state index in [2.05, 4.69) is 4.98 Å². The van der Waals surface area contributed by atoms with Gasteiger partial charge in [-0.05, 0) is 12.1 Å². The zero-order valence-electron chi connectivity index (χ0n) is 5.99. The van der Waals surface area contributed by atoms with Crippen molar-refractivity contribution in [1.29, 1.82) is 5.26 Å². The standard InChI is InChI=1S/C8H8N2O/c9-6-7-2-1-4-10-8(7)3-5-11/h1-2,4,11H,3,5H2. The lowest BCUT2D eigenvalue weighted by molar-refractivity contribution is 0.298. The fourth-order valence-electron chi connectivity index (χ4n) is 0.845. The average molecular weight is 148 g/mol. The average Bonchev–Trinajstić information content (AvgIpc) is 2.06. The van der Waals surface area contributed by atoms with Crippen LogP contribution in [0.5, 0.6) is 0 Å². The molecule has 1 heterocycles. The third-order valence-corrected chi connectivity index (χ3v) is 1.36. The van der Waals surface area contributed by atoms with E-state index in [0.717, 1.165) is 0 Å². The van der Waals surface area contributed by atoms with Gasteiger partial charge in [-0.3, -0.25) is 4.98 Å². The van der Waals surface area contributed by atoms with Crippen LogP contribution >= 0.6 is 0 Å². The van der Waals surface area contributed by atoms with Gasteiger partial charge in [0, 0.05) is 19.2 Å². The minimum atomic E-state index is 0.0334. The third kappa shape index (κ3) is 1.76. The Hall–Kier alpha value is -1.40. The molecule has 0 aliphatic rings. The van der Waals surface area contributed by atoms with E-state index in [1.165, 1.54) is 0 Å². The van der Waals surface area contributed by atoms with E-state index in [-0.39, 0.29) is 6.61 Å². The first-order chi connectivity index (χ1) is 5.38. The van der Waals surface area contributed by atoms with Crippen LogP contribution in [0.4, 0.5) is 0 Å². The summed E-state index contributed by atoms with van der Waals surface area (Å²) < 4.78 is 0. The molecule has 11 heavy (non-hydrogen) atoms. The molecule has 0 radical (unpaired) electrons. The number of aliphatic hydroxyl groups is 1. The molecule has 0 aromatic carbocycles. The van der Waals surface area contributed by atoms with Crippen molar-refractivity contribution in [2.24, 2.45) is 0 Å². The molecule has 1 aromatic heterocycles. The van der Waals surface area contributed by atoms with Crippen molar-refractivity contribution in [2.75, 3.05) is 6.61 Å². The summed E-state index contributed by atoms with van der Waals surface area (Å²) in [5.41, 5.74) is 1.21. The van der Waals surface area contributed by atoms with Gasteiger partial charge < -0.3 is 5.11 Å². The summed E-state index contributed by atoms with van der Waals surface area (Å²) in [4.78, 5) is 3.96. The number of hydrogen-bond acceptors (Lipinski definition) is 3. The summed E-state index contributed by atoms with van der Waals surface area (Å²) in [5.74, 6) is 0. The van der Waals surface area contributed by atoms with E-state index in [1.54, 1.807) is 18.3 Å². The van der Waals surface area contributed by atoms with Crippen molar-refractivity contribution in [1.82, 2.24) is 4.98 Å². The number of nitrogens with zero attached hydrogens (tertiary/aromatic N) is 2. The smallest absolute Gasteiger partial charge is 0.101 e. The molecule has 1 N–H and O–H groups in total. The Kier molecular flexibility index (Phi) is 2.59. The fraction of sp³-hybridized carbons (Fsp3) is 0.250. The first-order valence-corrected chi connectivity index (χ1v) is 3.33. The van der Waals surface area contributed by atoms with Gasteiger partial charge in [0.25, 0.3) is 0 Å². The number of pyridine rings is 1. The van der Waals surface area contributed by atoms with Crippen LogP contribution in [0.1, 0.15) is 11.3 Å². The minimum Gasteiger partial charge on any atom is -0.396 e. The minimum absolute atomic E-state index is 0.0334. The lowest BCUT2D eigenvalue weighted by Crippen LogP contribution is -1.97. The van der Waals surface area contributed by atoms with Crippen LogP contribution in [0.25, 0.3) is 0 Å². The van der Waals surface area contributed by atoms with E-state index in [1.807, 2.05) is 6.07 Å². The molecule has 0 fully saturated rings. The lowest BCUT2D eigenvalue weighted by atomic mass is 10.2. The topological polar surface area (TPSA) is 56.9 Å². The van der Waals surface area contributed by atoms with Gasteiger partial charge in [0.1, 0.15) is 6.07 Å². The monoisotopic (exact) mass is 148 g/mol. The summed E-state index contributed by atoms with van der Waals surface area (Å²) in [7, 11) is 0. The fourth-order valence-corrected chi connectivity index (χ4v) is 0.845. The van der Waals surface area contributed by atoms with Crippen LogP contribution in [0.2, 0.25) is 0 Å². The van der Waals surface area contributed by atoms with Gasteiger partial charge in [-0.15, -0.1) is 0 Å². The molecule has 0 bridgehead atoms. The van der Waals surface area contributed by atoms with Gasteiger partial charge in [-0.2, -0.15) is 5.26 Å². The molecule has 0 aliphatic heterocycles. The molecule has 1 rings (SSSR count). The van der Waals surface area contributed by atoms with Crippen molar-refractivity contribution in [3.63, 3.8) is 0 Å². The first kappa shape index (κ1) is 7.70. The molecular formula is C8H8N2O. The van der Waals surface area contributed by atoms with E-state index in [4.69, 9.17) is 10.4 Å². The first-order valence-electron chi connectivity index (χ1n) is 3.33. The Morgan fingerprint density at radius 2 is 2.45 bits per heavy atom. The van der Waals surface area contributed by atoms with Gasteiger partial charge in [-0.1, -0.05) is 0 Å². The van der Waals surface area contributed by atoms with Crippen LogP contribution in [0.3, 0.4) is 0 Å². The normalized spacial score (nSPS) is 9.09. The van der Waals surface area contributed by atoms with Crippen molar-refractivity contribution in [3.8, 4) is 6.07 Å². The highest BCUT2D eigenvalue weighted by atomic mass is 16.3.